The van der Waals surface area contributed by atoms with Gasteiger partial charge in [0.05, 0.1) is 13.0 Å². The number of benzene rings is 3. The molecule has 0 aliphatic rings. The molecule has 4 rings (SSSR count). The van der Waals surface area contributed by atoms with Crippen molar-refractivity contribution < 1.29 is 9.18 Å². The van der Waals surface area contributed by atoms with Gasteiger partial charge in [-0.1, -0.05) is 72.8 Å². The van der Waals surface area contributed by atoms with Crippen molar-refractivity contribution in [2.75, 3.05) is 0 Å². The Balaban J connectivity index is 1.54. The molecule has 1 amide bonds. The van der Waals surface area contributed by atoms with Gasteiger partial charge in [0.1, 0.15) is 5.82 Å². The summed E-state index contributed by atoms with van der Waals surface area (Å²) in [6.45, 7) is 1.79. The number of carbonyl (C=O) groups excluding carboxylic acids is 1. The van der Waals surface area contributed by atoms with E-state index in [0.29, 0.717) is 13.1 Å². The third kappa shape index (κ3) is 5.70. The van der Waals surface area contributed by atoms with E-state index >= 15 is 0 Å². The number of carbonyl (C=O) groups is 1. The second-order valence-electron chi connectivity index (χ2n) is 7.65. The highest BCUT2D eigenvalue weighted by Crippen LogP contribution is 2.15. The lowest BCUT2D eigenvalue weighted by molar-refractivity contribution is -0.131. The first-order valence-corrected chi connectivity index (χ1v) is 10.4. The van der Waals surface area contributed by atoms with E-state index in [0.717, 1.165) is 23.4 Å². The van der Waals surface area contributed by atoms with Gasteiger partial charge in [0, 0.05) is 25.0 Å². The monoisotopic (exact) mass is 412 g/mol. The lowest BCUT2D eigenvalue weighted by Gasteiger charge is -2.24. The van der Waals surface area contributed by atoms with Gasteiger partial charge in [-0.25, -0.2) is 4.39 Å². The Kier molecular flexibility index (Phi) is 6.58. The maximum atomic E-state index is 13.2. The maximum absolute atomic E-state index is 13.2. The first-order valence-electron chi connectivity index (χ1n) is 10.4. The van der Waals surface area contributed by atoms with Gasteiger partial charge in [-0.3, -0.25) is 4.79 Å². The van der Waals surface area contributed by atoms with Crippen LogP contribution in [0.3, 0.4) is 0 Å². The molecule has 4 heteroatoms. The third-order valence-electron chi connectivity index (χ3n) is 5.31. The van der Waals surface area contributed by atoms with Crippen molar-refractivity contribution in [1.29, 1.82) is 0 Å². The second-order valence-corrected chi connectivity index (χ2v) is 7.65. The van der Waals surface area contributed by atoms with Crippen molar-refractivity contribution in [3.63, 3.8) is 0 Å². The minimum absolute atomic E-state index is 0.0166. The van der Waals surface area contributed by atoms with Crippen molar-refractivity contribution >= 4 is 5.91 Å². The molecule has 31 heavy (non-hydrogen) atoms. The summed E-state index contributed by atoms with van der Waals surface area (Å²) >= 11 is 0. The molecule has 1 aromatic heterocycles. The standard InChI is InChI=1S/C27H25FN2O/c28-25-15-13-22(14-16-25)18-27(31)30(20-24-10-5-2-6-11-24)21-26-12-7-17-29(26)19-23-8-3-1-4-9-23/h1-17H,18-21H2. The van der Waals surface area contributed by atoms with Crippen molar-refractivity contribution in [1.82, 2.24) is 9.47 Å². The minimum Gasteiger partial charge on any atom is -0.345 e. The van der Waals surface area contributed by atoms with Gasteiger partial charge < -0.3 is 9.47 Å². The zero-order valence-corrected chi connectivity index (χ0v) is 17.3. The van der Waals surface area contributed by atoms with Crippen LogP contribution in [0, 0.1) is 5.82 Å². The summed E-state index contributed by atoms with van der Waals surface area (Å²) in [5.41, 5.74) is 4.18. The largest absolute Gasteiger partial charge is 0.345 e. The van der Waals surface area contributed by atoms with Crippen molar-refractivity contribution in [2.24, 2.45) is 0 Å². The summed E-state index contributed by atoms with van der Waals surface area (Å²) < 4.78 is 15.4. The van der Waals surface area contributed by atoms with Gasteiger partial charge in [0.25, 0.3) is 0 Å². The zero-order chi connectivity index (χ0) is 21.5. The average molecular weight is 413 g/mol. The summed E-state index contributed by atoms with van der Waals surface area (Å²) in [5.74, 6) is -0.279. The molecule has 0 saturated carbocycles. The van der Waals surface area contributed by atoms with Crippen molar-refractivity contribution in [3.8, 4) is 0 Å². The molecule has 0 saturated heterocycles. The number of aromatic nitrogens is 1. The number of hydrogen-bond acceptors (Lipinski definition) is 1. The van der Waals surface area contributed by atoms with Crippen LogP contribution in [0.2, 0.25) is 0 Å². The number of hydrogen-bond donors (Lipinski definition) is 0. The molecule has 0 fully saturated rings. The summed E-state index contributed by atoms with van der Waals surface area (Å²) in [7, 11) is 0. The smallest absolute Gasteiger partial charge is 0.227 e. The number of rotatable bonds is 8. The van der Waals surface area contributed by atoms with Crippen LogP contribution in [0.4, 0.5) is 4.39 Å². The van der Waals surface area contributed by atoms with E-state index in [1.54, 1.807) is 12.1 Å². The van der Waals surface area contributed by atoms with E-state index < -0.39 is 0 Å². The van der Waals surface area contributed by atoms with Crippen LogP contribution in [0.1, 0.15) is 22.4 Å². The fourth-order valence-corrected chi connectivity index (χ4v) is 3.65. The van der Waals surface area contributed by atoms with E-state index in [4.69, 9.17) is 0 Å². The average Bonchev–Trinajstić information content (AvgIpc) is 3.23. The SMILES string of the molecule is O=C(Cc1ccc(F)cc1)N(Cc1ccccc1)Cc1cccn1Cc1ccccc1. The van der Waals surface area contributed by atoms with Crippen LogP contribution >= 0.6 is 0 Å². The molecular weight excluding hydrogens is 387 g/mol. The molecular formula is C27H25FN2O. The normalized spacial score (nSPS) is 10.7. The lowest BCUT2D eigenvalue weighted by atomic mass is 10.1. The van der Waals surface area contributed by atoms with Crippen molar-refractivity contribution in [2.45, 2.75) is 26.1 Å². The van der Waals surface area contributed by atoms with E-state index in [1.165, 1.54) is 17.7 Å². The summed E-state index contributed by atoms with van der Waals surface area (Å²) in [6, 6.07) is 30.5. The second kappa shape index (κ2) is 9.90. The van der Waals surface area contributed by atoms with E-state index in [1.807, 2.05) is 65.7 Å². The third-order valence-corrected chi connectivity index (χ3v) is 5.31. The molecule has 4 aromatic rings. The molecule has 3 nitrogen and oxygen atoms in total. The number of nitrogens with zero attached hydrogens (tertiary/aromatic N) is 2. The Labute approximate surface area is 182 Å². The molecule has 0 N–H and O–H groups in total. The fraction of sp³-hybridized carbons (Fsp3) is 0.148. The van der Waals surface area contributed by atoms with Gasteiger partial charge in [0.2, 0.25) is 5.91 Å². The predicted molar refractivity (Wildman–Crippen MR) is 121 cm³/mol. The predicted octanol–water partition coefficient (Wildman–Crippen LogP) is 5.45. The quantitative estimate of drug-likeness (QED) is 0.378. The first kappa shape index (κ1) is 20.6. The maximum Gasteiger partial charge on any atom is 0.227 e. The molecule has 0 unspecified atom stereocenters. The van der Waals surface area contributed by atoms with Crippen LogP contribution in [0.15, 0.2) is 103 Å². The number of amides is 1. The highest BCUT2D eigenvalue weighted by molar-refractivity contribution is 5.78. The minimum atomic E-state index is -0.295. The van der Waals surface area contributed by atoms with Gasteiger partial charge in [-0.15, -0.1) is 0 Å². The van der Waals surface area contributed by atoms with Crippen molar-refractivity contribution in [3.05, 3.63) is 131 Å². The molecule has 3 aromatic carbocycles. The lowest BCUT2D eigenvalue weighted by Crippen LogP contribution is -2.32. The Hall–Kier alpha value is -3.66. The Morgan fingerprint density at radius 1 is 0.710 bits per heavy atom. The highest BCUT2D eigenvalue weighted by atomic mass is 19.1. The van der Waals surface area contributed by atoms with E-state index in [2.05, 4.69) is 22.8 Å². The molecule has 0 aliphatic heterocycles. The van der Waals surface area contributed by atoms with Crippen LogP contribution in [-0.2, 0) is 30.8 Å². The topological polar surface area (TPSA) is 25.2 Å². The Bertz CT molecular complexity index is 1100. The Morgan fingerprint density at radius 3 is 2.03 bits per heavy atom. The summed E-state index contributed by atoms with van der Waals surface area (Å²) in [5, 5.41) is 0. The zero-order valence-electron chi connectivity index (χ0n) is 17.3. The number of halogens is 1. The van der Waals surface area contributed by atoms with E-state index in [9.17, 15) is 9.18 Å². The molecule has 1 heterocycles. The summed E-state index contributed by atoms with van der Waals surface area (Å²) in [4.78, 5) is 15.1. The molecule has 0 atom stereocenters. The van der Waals surface area contributed by atoms with Gasteiger partial charge in [-0.05, 0) is 41.0 Å². The van der Waals surface area contributed by atoms with Crippen LogP contribution < -0.4 is 0 Å². The van der Waals surface area contributed by atoms with Crippen LogP contribution in [0.25, 0.3) is 0 Å². The molecule has 0 radical (unpaired) electrons. The van der Waals surface area contributed by atoms with E-state index in [-0.39, 0.29) is 18.1 Å². The Morgan fingerprint density at radius 2 is 1.35 bits per heavy atom. The van der Waals surface area contributed by atoms with Crippen LogP contribution in [-0.4, -0.2) is 15.4 Å². The van der Waals surface area contributed by atoms with Gasteiger partial charge in [0.15, 0.2) is 0 Å². The fourth-order valence-electron chi connectivity index (χ4n) is 3.65. The summed E-state index contributed by atoms with van der Waals surface area (Å²) in [6.07, 6.45) is 2.29. The molecule has 0 spiro atoms. The first-order chi connectivity index (χ1) is 15.2. The molecule has 0 aliphatic carbocycles. The van der Waals surface area contributed by atoms with Gasteiger partial charge >= 0.3 is 0 Å². The van der Waals surface area contributed by atoms with Crippen LogP contribution in [0.5, 0.6) is 0 Å². The van der Waals surface area contributed by atoms with Gasteiger partial charge in [-0.2, -0.15) is 0 Å². The molecule has 156 valence electrons. The highest BCUT2D eigenvalue weighted by Gasteiger charge is 2.17. The molecule has 0 bridgehead atoms.